The van der Waals surface area contributed by atoms with Crippen molar-refractivity contribution in [2.24, 2.45) is 0 Å². The Morgan fingerprint density at radius 1 is 1.04 bits per heavy atom. The average Bonchev–Trinajstić information content (AvgIpc) is 2.62. The smallest absolute Gasteiger partial charge is 0.275 e. The van der Waals surface area contributed by atoms with Crippen molar-refractivity contribution in [1.29, 1.82) is 0 Å². The van der Waals surface area contributed by atoms with E-state index in [1.807, 2.05) is 67.7 Å². The summed E-state index contributed by atoms with van der Waals surface area (Å²) in [4.78, 5) is 25.2. The summed E-state index contributed by atoms with van der Waals surface area (Å²) >= 11 is 0. The minimum atomic E-state index is -0.488. The van der Waals surface area contributed by atoms with Crippen molar-refractivity contribution in [3.63, 3.8) is 0 Å². The van der Waals surface area contributed by atoms with Crippen LogP contribution in [0.15, 0.2) is 60.7 Å². The molecule has 2 aromatic rings. The molecule has 0 aliphatic carbocycles. The van der Waals surface area contributed by atoms with Crippen LogP contribution in [-0.4, -0.2) is 44.5 Å². The van der Waals surface area contributed by atoms with E-state index >= 15 is 0 Å². The molecule has 0 aliphatic heterocycles. The van der Waals surface area contributed by atoms with Gasteiger partial charge in [-0.3, -0.25) is 9.59 Å². The number of para-hydroxylation sites is 1. The summed E-state index contributed by atoms with van der Waals surface area (Å²) in [6, 6.07) is 18.8. The second-order valence-electron chi connectivity index (χ2n) is 6.47. The first-order valence-corrected chi connectivity index (χ1v) is 8.87. The van der Waals surface area contributed by atoms with Crippen LogP contribution in [0.25, 0.3) is 0 Å². The zero-order valence-corrected chi connectivity index (χ0v) is 15.4. The third kappa shape index (κ3) is 7.07. The Balaban J connectivity index is 1.75. The Bertz CT molecular complexity index is 689. The fourth-order valence-corrected chi connectivity index (χ4v) is 2.61. The van der Waals surface area contributed by atoms with Gasteiger partial charge in [-0.1, -0.05) is 48.5 Å². The summed E-state index contributed by atoms with van der Waals surface area (Å²) in [5, 5.41) is 2.85. The molecule has 0 saturated carbocycles. The summed E-state index contributed by atoms with van der Waals surface area (Å²) < 4.78 is 5.65. The summed E-state index contributed by atoms with van der Waals surface area (Å²) in [7, 11) is 1.94. The third-order valence-electron chi connectivity index (χ3n) is 4.11. The molecule has 0 bridgehead atoms. The number of quaternary nitrogens is 1. The van der Waals surface area contributed by atoms with Crippen molar-refractivity contribution >= 4 is 11.7 Å². The largest absolute Gasteiger partial charge is 0.488 e. The van der Waals surface area contributed by atoms with Gasteiger partial charge in [-0.15, -0.1) is 0 Å². The SMILES string of the molecule is CC(=O)[C@@H](Cc1ccccc1)NC(=O)C[NH+](C)CCOc1ccccc1. The van der Waals surface area contributed by atoms with E-state index in [1.54, 1.807) is 0 Å². The van der Waals surface area contributed by atoms with Gasteiger partial charge in [0.2, 0.25) is 0 Å². The van der Waals surface area contributed by atoms with Crippen LogP contribution in [0, 0.1) is 0 Å². The Kier molecular flexibility index (Phi) is 7.83. The molecule has 138 valence electrons. The molecule has 0 heterocycles. The summed E-state index contributed by atoms with van der Waals surface area (Å²) in [5.41, 5.74) is 1.03. The van der Waals surface area contributed by atoms with E-state index in [0.717, 1.165) is 16.2 Å². The number of likely N-dealkylation sites (N-methyl/N-ethyl adjacent to an activating group) is 1. The van der Waals surface area contributed by atoms with Crippen molar-refractivity contribution in [3.8, 4) is 5.75 Å². The number of benzene rings is 2. The van der Waals surface area contributed by atoms with E-state index in [9.17, 15) is 9.59 Å². The summed E-state index contributed by atoms with van der Waals surface area (Å²) in [6.45, 7) is 3.05. The van der Waals surface area contributed by atoms with Crippen LogP contribution in [0.1, 0.15) is 12.5 Å². The number of carbonyl (C=O) groups excluding carboxylic acids is 2. The first-order valence-electron chi connectivity index (χ1n) is 8.87. The molecular formula is C21H27N2O3+. The van der Waals surface area contributed by atoms with Gasteiger partial charge < -0.3 is 15.0 Å². The Morgan fingerprint density at radius 2 is 1.65 bits per heavy atom. The molecule has 2 atom stereocenters. The third-order valence-corrected chi connectivity index (χ3v) is 4.11. The number of amides is 1. The van der Waals surface area contributed by atoms with E-state index in [4.69, 9.17) is 4.74 Å². The van der Waals surface area contributed by atoms with Gasteiger partial charge in [-0.05, 0) is 31.0 Å². The predicted octanol–water partition coefficient (Wildman–Crippen LogP) is 0.897. The van der Waals surface area contributed by atoms with Gasteiger partial charge in [0.15, 0.2) is 12.3 Å². The summed E-state index contributed by atoms with van der Waals surface area (Å²) in [5.74, 6) is 0.662. The molecule has 26 heavy (non-hydrogen) atoms. The number of rotatable bonds is 10. The fraction of sp³-hybridized carbons (Fsp3) is 0.333. The topological polar surface area (TPSA) is 59.8 Å². The lowest BCUT2D eigenvalue weighted by Crippen LogP contribution is -3.10. The number of Topliss-reactive ketones (excluding diaryl/α,β-unsaturated/α-hetero) is 1. The lowest BCUT2D eigenvalue weighted by molar-refractivity contribution is -0.871. The zero-order valence-electron chi connectivity index (χ0n) is 15.4. The zero-order chi connectivity index (χ0) is 18.8. The Morgan fingerprint density at radius 3 is 2.27 bits per heavy atom. The number of hydrogen-bond acceptors (Lipinski definition) is 3. The van der Waals surface area contributed by atoms with Gasteiger partial charge >= 0.3 is 0 Å². The van der Waals surface area contributed by atoms with Crippen LogP contribution in [0.3, 0.4) is 0 Å². The van der Waals surface area contributed by atoms with E-state index in [0.29, 0.717) is 26.1 Å². The van der Waals surface area contributed by atoms with Crippen LogP contribution in [0.5, 0.6) is 5.75 Å². The maximum Gasteiger partial charge on any atom is 0.275 e. The predicted molar refractivity (Wildman–Crippen MR) is 101 cm³/mol. The first-order chi connectivity index (χ1) is 12.5. The molecule has 2 aromatic carbocycles. The van der Waals surface area contributed by atoms with Crippen LogP contribution >= 0.6 is 0 Å². The van der Waals surface area contributed by atoms with Crippen LogP contribution < -0.4 is 15.0 Å². The van der Waals surface area contributed by atoms with Gasteiger partial charge in [-0.2, -0.15) is 0 Å². The number of hydrogen-bond donors (Lipinski definition) is 2. The van der Waals surface area contributed by atoms with Crippen molar-refractivity contribution in [1.82, 2.24) is 5.32 Å². The van der Waals surface area contributed by atoms with E-state index in [2.05, 4.69) is 5.32 Å². The van der Waals surface area contributed by atoms with Gasteiger partial charge in [0.05, 0.1) is 13.1 Å². The van der Waals surface area contributed by atoms with Gasteiger partial charge in [0.25, 0.3) is 5.91 Å². The number of carbonyl (C=O) groups is 2. The molecule has 2 N–H and O–H groups in total. The molecule has 5 nitrogen and oxygen atoms in total. The second-order valence-corrected chi connectivity index (χ2v) is 6.47. The molecular weight excluding hydrogens is 328 g/mol. The van der Waals surface area contributed by atoms with Gasteiger partial charge in [-0.25, -0.2) is 0 Å². The van der Waals surface area contributed by atoms with Crippen LogP contribution in [0.4, 0.5) is 0 Å². The van der Waals surface area contributed by atoms with Crippen molar-refractivity contribution in [2.75, 3.05) is 26.7 Å². The maximum atomic E-state index is 12.3. The monoisotopic (exact) mass is 355 g/mol. The standard InChI is InChI=1S/C21H26N2O3/c1-17(24)20(15-18-9-5-3-6-10-18)22-21(25)16-23(2)13-14-26-19-11-7-4-8-12-19/h3-12,20H,13-16H2,1-2H3,(H,22,25)/p+1/t20-/m1/s1. The highest BCUT2D eigenvalue weighted by Crippen LogP contribution is 2.07. The average molecular weight is 355 g/mol. The fourth-order valence-electron chi connectivity index (χ4n) is 2.61. The number of ether oxygens (including phenoxy) is 1. The van der Waals surface area contributed by atoms with Gasteiger partial charge in [0.1, 0.15) is 18.9 Å². The van der Waals surface area contributed by atoms with Crippen molar-refractivity contribution in [3.05, 3.63) is 66.2 Å². The van der Waals surface area contributed by atoms with E-state index in [-0.39, 0.29) is 11.7 Å². The lowest BCUT2D eigenvalue weighted by atomic mass is 10.0. The number of nitrogens with one attached hydrogen (secondary N) is 2. The minimum Gasteiger partial charge on any atom is -0.488 e. The normalized spacial score (nSPS) is 12.8. The maximum absolute atomic E-state index is 12.3. The molecule has 0 spiro atoms. The number of ketones is 1. The molecule has 5 heteroatoms. The molecule has 0 aliphatic rings. The molecule has 0 fully saturated rings. The van der Waals surface area contributed by atoms with Gasteiger partial charge in [0, 0.05) is 0 Å². The highest BCUT2D eigenvalue weighted by molar-refractivity contribution is 5.88. The van der Waals surface area contributed by atoms with Crippen LogP contribution in [0.2, 0.25) is 0 Å². The van der Waals surface area contributed by atoms with Crippen molar-refractivity contribution < 1.29 is 19.2 Å². The van der Waals surface area contributed by atoms with Crippen LogP contribution in [-0.2, 0) is 16.0 Å². The van der Waals surface area contributed by atoms with E-state index in [1.165, 1.54) is 6.92 Å². The van der Waals surface area contributed by atoms with E-state index < -0.39 is 6.04 Å². The molecule has 0 aromatic heterocycles. The molecule has 2 rings (SSSR count). The highest BCUT2D eigenvalue weighted by atomic mass is 16.5. The lowest BCUT2D eigenvalue weighted by Gasteiger charge is -2.18. The molecule has 1 amide bonds. The minimum absolute atomic E-state index is 0.0349. The quantitative estimate of drug-likeness (QED) is 0.666. The Hall–Kier alpha value is -2.66. The molecule has 1 unspecified atom stereocenters. The van der Waals surface area contributed by atoms with Crippen molar-refractivity contribution in [2.45, 2.75) is 19.4 Å². The first kappa shape index (κ1) is 19.7. The Labute approximate surface area is 155 Å². The molecule has 0 radical (unpaired) electrons. The highest BCUT2D eigenvalue weighted by Gasteiger charge is 2.19. The summed E-state index contributed by atoms with van der Waals surface area (Å²) in [6.07, 6.45) is 0.512. The molecule has 0 saturated heterocycles. The second kappa shape index (κ2) is 10.4.